The highest BCUT2D eigenvalue weighted by molar-refractivity contribution is 7.10. The van der Waals surface area contributed by atoms with Crippen molar-refractivity contribution in [2.75, 3.05) is 32.7 Å². The van der Waals surface area contributed by atoms with Crippen molar-refractivity contribution in [3.63, 3.8) is 0 Å². The molecule has 0 radical (unpaired) electrons. The fraction of sp³-hybridized carbons (Fsp3) is 0.484. The van der Waals surface area contributed by atoms with E-state index in [-0.39, 0.29) is 53.4 Å². The summed E-state index contributed by atoms with van der Waals surface area (Å²) in [5.74, 6) is -1.23. The first kappa shape index (κ1) is 31.7. The molecule has 4 heterocycles. The molecule has 2 aliphatic rings. The van der Waals surface area contributed by atoms with Crippen LogP contribution < -0.4 is 21.3 Å². The second kappa shape index (κ2) is 14.9. The highest BCUT2D eigenvalue weighted by atomic mass is 32.1. The lowest BCUT2D eigenvalue weighted by Crippen LogP contribution is -2.48. The molecule has 3 aromatic rings. The lowest BCUT2D eigenvalue weighted by molar-refractivity contribution is -0.140. The molecule has 2 aliphatic heterocycles. The number of nitrogens with one attached hydrogen (secondary N) is 4. The van der Waals surface area contributed by atoms with Crippen molar-refractivity contribution in [2.24, 2.45) is 11.8 Å². The maximum Gasteiger partial charge on any atom is 0.271 e. The Balaban J connectivity index is 1.44. The van der Waals surface area contributed by atoms with Crippen molar-refractivity contribution in [1.29, 1.82) is 0 Å². The first-order chi connectivity index (χ1) is 21.3. The predicted octanol–water partition coefficient (Wildman–Crippen LogP) is 3.09. The van der Waals surface area contributed by atoms with Crippen LogP contribution in [0.25, 0.3) is 0 Å². The zero-order valence-electron chi connectivity index (χ0n) is 25.0. The molecule has 0 spiro atoms. The highest BCUT2D eigenvalue weighted by Crippen LogP contribution is 2.27. The van der Waals surface area contributed by atoms with Crippen molar-refractivity contribution >= 4 is 46.3 Å². The molecule has 11 nitrogen and oxygen atoms in total. The van der Waals surface area contributed by atoms with Crippen LogP contribution in [0.2, 0.25) is 0 Å². The maximum atomic E-state index is 13.6. The average molecular weight is 638 g/mol. The maximum absolute atomic E-state index is 13.6. The first-order valence-corrected chi connectivity index (χ1v) is 16.9. The zero-order chi connectivity index (χ0) is 31.1. The lowest BCUT2D eigenvalue weighted by atomic mass is 9.98. The van der Waals surface area contributed by atoms with E-state index in [0.29, 0.717) is 42.5 Å². The molecule has 234 valence electrons. The number of nitrogens with zero attached hydrogens (tertiary/aromatic N) is 3. The first-order valence-electron chi connectivity index (χ1n) is 15.1. The number of benzene rings is 1. The van der Waals surface area contributed by atoms with Crippen LogP contribution in [0.4, 0.5) is 0 Å². The molecule has 4 N–H and O–H groups in total. The fourth-order valence-electron chi connectivity index (χ4n) is 5.43. The number of hydrogen-bond acceptors (Lipinski definition) is 9. The third kappa shape index (κ3) is 8.07. The summed E-state index contributed by atoms with van der Waals surface area (Å²) in [5, 5.41) is 16.9. The van der Waals surface area contributed by atoms with Crippen molar-refractivity contribution in [3.8, 4) is 0 Å². The minimum atomic E-state index is -0.492. The molecule has 1 aromatic carbocycles. The van der Waals surface area contributed by atoms with Gasteiger partial charge in [-0.3, -0.25) is 19.2 Å². The summed E-state index contributed by atoms with van der Waals surface area (Å²) in [6.45, 7) is 5.95. The van der Waals surface area contributed by atoms with Gasteiger partial charge in [0.2, 0.25) is 11.8 Å². The summed E-state index contributed by atoms with van der Waals surface area (Å²) in [6, 6.07) is 8.88. The molecule has 2 aromatic heterocycles. The number of aromatic nitrogens is 2. The van der Waals surface area contributed by atoms with Gasteiger partial charge in [-0.2, -0.15) is 0 Å². The smallest absolute Gasteiger partial charge is 0.271 e. The Labute approximate surface area is 265 Å². The van der Waals surface area contributed by atoms with E-state index in [4.69, 9.17) is 0 Å². The highest BCUT2D eigenvalue weighted by Gasteiger charge is 2.30. The summed E-state index contributed by atoms with van der Waals surface area (Å²) < 4.78 is 0. The number of rotatable bonds is 4. The topological polar surface area (TPSA) is 145 Å². The van der Waals surface area contributed by atoms with Crippen molar-refractivity contribution < 1.29 is 19.2 Å². The van der Waals surface area contributed by atoms with Crippen molar-refractivity contribution in [1.82, 2.24) is 36.1 Å². The Morgan fingerprint density at radius 2 is 1.68 bits per heavy atom. The quantitative estimate of drug-likeness (QED) is 0.344. The third-order valence-electron chi connectivity index (χ3n) is 7.83. The number of thiazole rings is 2. The van der Waals surface area contributed by atoms with Gasteiger partial charge in [-0.05, 0) is 43.7 Å². The van der Waals surface area contributed by atoms with Gasteiger partial charge in [-0.1, -0.05) is 44.2 Å². The summed E-state index contributed by atoms with van der Waals surface area (Å²) in [6.07, 6.45) is 2.63. The van der Waals surface area contributed by atoms with E-state index in [0.717, 1.165) is 24.9 Å². The van der Waals surface area contributed by atoms with Gasteiger partial charge >= 0.3 is 0 Å². The Kier molecular flexibility index (Phi) is 10.7. The van der Waals surface area contributed by atoms with E-state index in [1.807, 2.05) is 44.2 Å². The second-order valence-corrected chi connectivity index (χ2v) is 13.3. The van der Waals surface area contributed by atoms with Gasteiger partial charge in [0.15, 0.2) is 0 Å². The van der Waals surface area contributed by atoms with Crippen molar-refractivity contribution in [2.45, 2.75) is 51.6 Å². The molecule has 4 bridgehead atoms. The molecule has 4 amide bonds. The number of fused-ring (bicyclic) bond motifs is 4. The molecule has 1 saturated heterocycles. The molecule has 0 aliphatic carbocycles. The zero-order valence-corrected chi connectivity index (χ0v) is 26.6. The molecule has 1 unspecified atom stereocenters. The largest absolute Gasteiger partial charge is 0.351 e. The van der Waals surface area contributed by atoms with Crippen molar-refractivity contribution in [3.05, 3.63) is 68.1 Å². The normalized spacial score (nSPS) is 22.3. The number of carbonyl (C=O) groups excluding carboxylic acids is 4. The summed E-state index contributed by atoms with van der Waals surface area (Å²) in [5.41, 5.74) is 1.54. The Morgan fingerprint density at radius 1 is 0.955 bits per heavy atom. The van der Waals surface area contributed by atoms with E-state index in [1.165, 1.54) is 22.7 Å². The van der Waals surface area contributed by atoms with Crippen LogP contribution in [0.5, 0.6) is 0 Å². The van der Waals surface area contributed by atoms with Crippen LogP contribution in [-0.4, -0.2) is 71.2 Å². The number of amides is 4. The van der Waals surface area contributed by atoms with E-state index in [1.54, 1.807) is 15.7 Å². The minimum absolute atomic E-state index is 0.0150. The molecular weight excluding hydrogens is 599 g/mol. The molecule has 5 rings (SSSR count). The molecule has 13 heteroatoms. The summed E-state index contributed by atoms with van der Waals surface area (Å²) in [7, 11) is 0. The second-order valence-electron chi connectivity index (χ2n) is 11.6. The molecular formula is C31H39N7O4S2. The van der Waals surface area contributed by atoms with E-state index in [2.05, 4.69) is 31.2 Å². The van der Waals surface area contributed by atoms with Gasteiger partial charge < -0.3 is 26.2 Å². The number of piperidine rings is 1. The van der Waals surface area contributed by atoms with E-state index < -0.39 is 12.1 Å². The molecule has 0 saturated carbocycles. The Hall–Kier alpha value is -3.68. The van der Waals surface area contributed by atoms with Crippen LogP contribution in [-0.2, 0) is 16.0 Å². The molecule has 1 fully saturated rings. The van der Waals surface area contributed by atoms with Crippen LogP contribution in [0.1, 0.15) is 81.7 Å². The van der Waals surface area contributed by atoms with Gasteiger partial charge in [-0.25, -0.2) is 9.97 Å². The van der Waals surface area contributed by atoms with Crippen LogP contribution in [0, 0.1) is 11.8 Å². The van der Waals surface area contributed by atoms with Crippen LogP contribution >= 0.6 is 22.7 Å². The van der Waals surface area contributed by atoms with E-state index in [9.17, 15) is 19.2 Å². The van der Waals surface area contributed by atoms with Crippen LogP contribution in [0.15, 0.2) is 41.1 Å². The van der Waals surface area contributed by atoms with Gasteiger partial charge in [0.25, 0.3) is 11.8 Å². The SMILES string of the molecule is CC(C)[C@@H]1NC(=O)c2csc(n2)C(Cc2ccccc2)NC(=O)CN(C(=O)[C@H]2CCCNC2)CCCNC(=O)c2csc1n2. The monoisotopic (exact) mass is 637 g/mol. The van der Waals surface area contributed by atoms with Gasteiger partial charge in [0.05, 0.1) is 24.5 Å². The van der Waals surface area contributed by atoms with E-state index >= 15 is 0 Å². The van der Waals surface area contributed by atoms with Crippen LogP contribution in [0.3, 0.4) is 0 Å². The third-order valence-corrected chi connectivity index (χ3v) is 9.71. The van der Waals surface area contributed by atoms with Gasteiger partial charge in [0, 0.05) is 30.4 Å². The van der Waals surface area contributed by atoms with Gasteiger partial charge in [0.1, 0.15) is 21.4 Å². The number of carbonyl (C=O) groups is 4. The summed E-state index contributed by atoms with van der Waals surface area (Å²) in [4.78, 5) is 64.2. The molecule has 44 heavy (non-hydrogen) atoms. The predicted molar refractivity (Wildman–Crippen MR) is 169 cm³/mol. The summed E-state index contributed by atoms with van der Waals surface area (Å²) >= 11 is 2.64. The Morgan fingerprint density at radius 3 is 2.41 bits per heavy atom. The molecule has 3 atom stereocenters. The minimum Gasteiger partial charge on any atom is -0.351 e. The number of hydrogen-bond donors (Lipinski definition) is 4. The average Bonchev–Trinajstić information content (AvgIpc) is 3.72. The fourth-order valence-corrected chi connectivity index (χ4v) is 7.30. The van der Waals surface area contributed by atoms with Gasteiger partial charge in [-0.15, -0.1) is 22.7 Å². The lowest BCUT2D eigenvalue weighted by Gasteiger charge is -2.30. The standard InChI is InChI=1S/C31H39N7O4S2/c1-19(2)26-30-36-23(17-44-30)27(40)33-12-7-13-38(31(42)21-10-6-11-32-15-21)16-25(39)34-22(14-20-8-4-3-5-9-20)29-35-24(18-43-29)28(41)37-26/h3-5,8-9,17-19,21-22,26,32H,6-7,10-16H2,1-2H3,(H,33,40)(H,34,39)(H,37,41)/t21-,22?,26-/m0/s1. The Bertz CT molecular complexity index is 1450.